The molecule has 0 spiro atoms. The van der Waals surface area contributed by atoms with Crippen molar-refractivity contribution in [2.24, 2.45) is 0 Å². The van der Waals surface area contributed by atoms with E-state index in [0.29, 0.717) is 18.5 Å². The van der Waals surface area contributed by atoms with Crippen molar-refractivity contribution in [1.82, 2.24) is 9.97 Å². The smallest absolute Gasteiger partial charge is 0.300 e. The Morgan fingerprint density at radius 1 is 1.35 bits per heavy atom. The topological polar surface area (TPSA) is 42.9 Å². The van der Waals surface area contributed by atoms with Crippen LogP contribution in [0.4, 0.5) is 13.2 Å². The first-order chi connectivity index (χ1) is 7.86. The number of aromatic nitrogens is 2. The first kappa shape index (κ1) is 12.0. The van der Waals surface area contributed by atoms with Crippen LogP contribution in [0, 0.1) is 6.92 Å². The molecule has 0 N–H and O–H groups in total. The summed E-state index contributed by atoms with van der Waals surface area (Å²) in [4.78, 5) is 18.5. The van der Waals surface area contributed by atoms with E-state index in [1.54, 1.807) is 0 Å². The number of carbonyl (C=O) groups excluding carboxylic acids is 1. The summed E-state index contributed by atoms with van der Waals surface area (Å²) in [7, 11) is 0. The third-order valence-electron chi connectivity index (χ3n) is 2.81. The highest BCUT2D eigenvalue weighted by atomic mass is 19.4. The summed E-state index contributed by atoms with van der Waals surface area (Å²) >= 11 is 0. The molecule has 0 aromatic carbocycles. The van der Waals surface area contributed by atoms with E-state index in [0.717, 1.165) is 6.07 Å². The molecule has 1 heterocycles. The number of hydrogen-bond acceptors (Lipinski definition) is 3. The molecule has 6 heteroatoms. The van der Waals surface area contributed by atoms with Crippen LogP contribution in [0.5, 0.6) is 0 Å². The lowest BCUT2D eigenvalue weighted by Crippen LogP contribution is -2.12. The number of hydrogen-bond donors (Lipinski definition) is 0. The van der Waals surface area contributed by atoms with Gasteiger partial charge in [-0.1, -0.05) is 0 Å². The number of Topliss-reactive ketones (excluding diaryl/α,β-unsaturated/α-hetero) is 1. The Kier molecular flexibility index (Phi) is 2.89. The van der Waals surface area contributed by atoms with Crippen LogP contribution in [0.15, 0.2) is 6.07 Å². The maximum atomic E-state index is 12.6. The van der Waals surface area contributed by atoms with E-state index in [1.807, 2.05) is 0 Å². The van der Waals surface area contributed by atoms with E-state index in [9.17, 15) is 18.0 Å². The van der Waals surface area contributed by atoms with Crippen molar-refractivity contribution in [3.63, 3.8) is 0 Å². The number of ketones is 1. The third-order valence-corrected chi connectivity index (χ3v) is 2.81. The van der Waals surface area contributed by atoms with Crippen LogP contribution in [0.2, 0.25) is 0 Å². The van der Waals surface area contributed by atoms with Gasteiger partial charge in [0, 0.05) is 24.5 Å². The number of carbonyl (C=O) groups is 1. The summed E-state index contributed by atoms with van der Waals surface area (Å²) < 4.78 is 37.7. The predicted molar refractivity (Wildman–Crippen MR) is 53.4 cm³/mol. The molecule has 92 valence electrons. The Morgan fingerprint density at radius 3 is 2.59 bits per heavy atom. The van der Waals surface area contributed by atoms with E-state index in [4.69, 9.17) is 0 Å². The predicted octanol–water partition coefficient (Wildman–Crippen LogP) is 2.64. The summed E-state index contributed by atoms with van der Waals surface area (Å²) in [5.41, 5.74) is -0.602. The lowest BCUT2D eigenvalue weighted by Gasteiger charge is -2.12. The van der Waals surface area contributed by atoms with Gasteiger partial charge in [-0.05, 0) is 19.4 Å². The molecule has 0 saturated heterocycles. The average molecular weight is 244 g/mol. The summed E-state index contributed by atoms with van der Waals surface area (Å²) in [5, 5.41) is 0. The fourth-order valence-electron chi connectivity index (χ4n) is 2.01. The Morgan fingerprint density at radius 2 is 2.06 bits per heavy atom. The van der Waals surface area contributed by atoms with Gasteiger partial charge in [0.1, 0.15) is 17.3 Å². The highest BCUT2D eigenvalue weighted by Gasteiger charge is 2.35. The van der Waals surface area contributed by atoms with E-state index < -0.39 is 11.9 Å². The zero-order valence-electron chi connectivity index (χ0n) is 9.21. The zero-order chi connectivity index (χ0) is 12.6. The highest BCUT2D eigenvalue weighted by molar-refractivity contribution is 5.81. The molecule has 1 aliphatic carbocycles. The van der Waals surface area contributed by atoms with Crippen LogP contribution < -0.4 is 0 Å². The van der Waals surface area contributed by atoms with Crippen molar-refractivity contribution in [3.05, 3.63) is 23.3 Å². The highest BCUT2D eigenvalue weighted by Crippen LogP contribution is 2.34. The van der Waals surface area contributed by atoms with Gasteiger partial charge < -0.3 is 0 Å². The van der Waals surface area contributed by atoms with Crippen LogP contribution >= 0.6 is 0 Å². The van der Waals surface area contributed by atoms with Gasteiger partial charge in [0.05, 0.1) is 0 Å². The Bertz CT molecular complexity index is 457. The Balaban J connectivity index is 2.35. The zero-order valence-corrected chi connectivity index (χ0v) is 9.21. The molecule has 2 rings (SSSR count). The van der Waals surface area contributed by atoms with Crippen molar-refractivity contribution in [1.29, 1.82) is 0 Å². The number of rotatable bonds is 1. The van der Waals surface area contributed by atoms with Gasteiger partial charge in [-0.2, -0.15) is 13.2 Å². The minimum absolute atomic E-state index is 0.0832. The molecule has 1 aromatic rings. The SMILES string of the molecule is Cc1nc(C2CCC(=O)C2)cc(C(F)(F)F)n1. The van der Waals surface area contributed by atoms with E-state index in [1.165, 1.54) is 6.92 Å². The largest absolute Gasteiger partial charge is 0.433 e. The molecule has 1 unspecified atom stereocenters. The second kappa shape index (κ2) is 4.09. The van der Waals surface area contributed by atoms with Crippen LogP contribution in [0.1, 0.15) is 42.4 Å². The summed E-state index contributed by atoms with van der Waals surface area (Å²) in [6.45, 7) is 1.43. The van der Waals surface area contributed by atoms with E-state index >= 15 is 0 Å². The van der Waals surface area contributed by atoms with Crippen LogP contribution in [0.25, 0.3) is 0 Å². The summed E-state index contributed by atoms with van der Waals surface area (Å²) in [6, 6.07) is 0.955. The van der Waals surface area contributed by atoms with Crippen LogP contribution in [-0.4, -0.2) is 15.8 Å². The van der Waals surface area contributed by atoms with Gasteiger partial charge in [-0.15, -0.1) is 0 Å². The van der Waals surface area contributed by atoms with Gasteiger partial charge in [0.15, 0.2) is 0 Å². The maximum Gasteiger partial charge on any atom is 0.433 e. The molecule has 1 aromatic heterocycles. The van der Waals surface area contributed by atoms with Crippen molar-refractivity contribution >= 4 is 5.78 Å². The first-order valence-electron chi connectivity index (χ1n) is 5.31. The molecule has 0 aliphatic heterocycles. The van der Waals surface area contributed by atoms with Gasteiger partial charge in [0.25, 0.3) is 0 Å². The molecular weight excluding hydrogens is 233 g/mol. The van der Waals surface area contributed by atoms with Gasteiger partial charge >= 0.3 is 6.18 Å². The second-order valence-corrected chi connectivity index (χ2v) is 4.20. The van der Waals surface area contributed by atoms with Gasteiger partial charge in [-0.3, -0.25) is 4.79 Å². The van der Waals surface area contributed by atoms with E-state index in [2.05, 4.69) is 9.97 Å². The standard InChI is InChI=1S/C11H11F3N2O/c1-6-15-9(7-2-3-8(17)4-7)5-10(16-6)11(12,13)14/h5,7H,2-4H2,1H3. The number of aryl methyl sites for hydroxylation is 1. The molecule has 0 radical (unpaired) electrons. The molecule has 1 atom stereocenters. The molecular formula is C11H11F3N2O. The molecule has 1 aliphatic rings. The first-order valence-corrected chi connectivity index (χ1v) is 5.31. The minimum atomic E-state index is -4.47. The van der Waals surface area contributed by atoms with Gasteiger partial charge in [0.2, 0.25) is 0 Å². The lowest BCUT2D eigenvalue weighted by molar-refractivity contribution is -0.141. The fraction of sp³-hybridized carbons (Fsp3) is 0.545. The number of halogens is 3. The molecule has 3 nitrogen and oxygen atoms in total. The molecule has 17 heavy (non-hydrogen) atoms. The molecule has 1 fully saturated rings. The monoisotopic (exact) mass is 244 g/mol. The number of alkyl halides is 3. The minimum Gasteiger partial charge on any atom is -0.300 e. The quantitative estimate of drug-likeness (QED) is 0.762. The maximum absolute atomic E-state index is 12.6. The lowest BCUT2D eigenvalue weighted by atomic mass is 10.0. The number of nitrogens with zero attached hydrogens (tertiary/aromatic N) is 2. The average Bonchev–Trinajstić information content (AvgIpc) is 2.62. The Labute approximate surface area is 96.1 Å². The molecule has 1 saturated carbocycles. The van der Waals surface area contributed by atoms with Crippen LogP contribution in [-0.2, 0) is 11.0 Å². The fourth-order valence-corrected chi connectivity index (χ4v) is 2.01. The van der Waals surface area contributed by atoms with Crippen molar-refractivity contribution < 1.29 is 18.0 Å². The Hall–Kier alpha value is -1.46. The molecule has 0 bridgehead atoms. The summed E-state index contributed by atoms with van der Waals surface area (Å²) in [6.07, 6.45) is -3.18. The van der Waals surface area contributed by atoms with E-state index in [-0.39, 0.29) is 23.9 Å². The van der Waals surface area contributed by atoms with Crippen molar-refractivity contribution in [3.8, 4) is 0 Å². The molecule has 0 amide bonds. The van der Waals surface area contributed by atoms with Crippen LogP contribution in [0.3, 0.4) is 0 Å². The second-order valence-electron chi connectivity index (χ2n) is 4.20. The van der Waals surface area contributed by atoms with Crippen molar-refractivity contribution in [2.75, 3.05) is 0 Å². The normalized spacial score (nSPS) is 20.9. The summed E-state index contributed by atoms with van der Waals surface area (Å²) in [5.74, 6) is -0.0145. The van der Waals surface area contributed by atoms with Crippen molar-refractivity contribution in [2.45, 2.75) is 38.3 Å². The van der Waals surface area contributed by atoms with Gasteiger partial charge in [-0.25, -0.2) is 9.97 Å². The third kappa shape index (κ3) is 2.62.